The number of carbonyl (C=O) groups is 6. The zero-order valence-electron chi connectivity index (χ0n) is 72.6. The number of allylic oxidation sites excluding steroid dienone is 4. The number of carbonyl (C=O) groups excluding carboxylic acids is 6. The number of ether oxygens (including phenoxy) is 4. The van der Waals surface area contributed by atoms with Crippen molar-refractivity contribution in [1.82, 2.24) is 21.3 Å². The van der Waals surface area contributed by atoms with Crippen molar-refractivity contribution in [2.24, 2.45) is 0 Å². The number of hydrogen-bond donors (Lipinski definition) is 6. The number of hydrogen-bond acceptors (Lipinski definition) is 20. The minimum absolute atomic E-state index is 0. The van der Waals surface area contributed by atoms with Gasteiger partial charge in [-0.05, 0) is 115 Å². The number of phosphoric acid groups is 2. The average Bonchev–Trinajstić information content (AvgIpc) is 0.834. The summed E-state index contributed by atoms with van der Waals surface area (Å²) in [5, 5.41) is 32.0. The van der Waals surface area contributed by atoms with E-state index in [-0.39, 0.29) is 118 Å². The molecule has 0 radical (unpaired) electrons. The molecular formula is C88H158N4NaO20P2-. The van der Waals surface area contributed by atoms with Crippen LogP contribution in [0.4, 0.5) is 0 Å². The predicted molar refractivity (Wildman–Crippen MR) is 451 cm³/mol. The Balaban J connectivity index is 0.000130. The summed E-state index contributed by atoms with van der Waals surface area (Å²) in [6.45, 7) is 9.81. The van der Waals surface area contributed by atoms with Crippen LogP contribution in [-0.2, 0) is 65.4 Å². The number of aliphatic hydroxyl groups is 2. The molecule has 0 aliphatic rings. The van der Waals surface area contributed by atoms with E-state index in [2.05, 4.69) is 87.1 Å². The van der Waals surface area contributed by atoms with E-state index in [9.17, 15) is 57.9 Å². The summed E-state index contributed by atoms with van der Waals surface area (Å²) in [5.74, 6) is -3.32. The average molecular weight is 1680 g/mol. The van der Waals surface area contributed by atoms with Crippen molar-refractivity contribution >= 4 is 51.2 Å². The molecule has 27 heteroatoms. The second-order valence-electron chi connectivity index (χ2n) is 30.8. The van der Waals surface area contributed by atoms with Gasteiger partial charge in [-0.25, -0.2) is 0 Å². The van der Waals surface area contributed by atoms with Crippen LogP contribution in [0, 0.1) is 0 Å². The van der Waals surface area contributed by atoms with Crippen molar-refractivity contribution < 1.29 is 124 Å². The maximum Gasteiger partial charge on any atom is 1.00 e. The van der Waals surface area contributed by atoms with Gasteiger partial charge in [0.1, 0.15) is 12.2 Å². The summed E-state index contributed by atoms with van der Waals surface area (Å²) < 4.78 is 71.0. The number of phosphoric ester groups is 2. The van der Waals surface area contributed by atoms with Gasteiger partial charge >= 0.3 is 41.5 Å². The van der Waals surface area contributed by atoms with E-state index in [0.717, 1.165) is 180 Å². The van der Waals surface area contributed by atoms with Gasteiger partial charge in [0.15, 0.2) is 0 Å². The molecule has 1 aromatic carbocycles. The Hall–Kier alpha value is -3.42. The molecule has 0 heterocycles. The second-order valence-corrected chi connectivity index (χ2v) is 33.6. The fourth-order valence-electron chi connectivity index (χ4n) is 13.0. The first kappa shape index (κ1) is 112. The van der Waals surface area contributed by atoms with Crippen LogP contribution in [-0.4, -0.2) is 148 Å². The number of rotatable bonds is 82. The smallest absolute Gasteiger partial charge is 0.756 e. The molecule has 0 aliphatic carbocycles. The summed E-state index contributed by atoms with van der Waals surface area (Å²) in [6.07, 6.45) is 50.4. The van der Waals surface area contributed by atoms with E-state index in [1.54, 1.807) is 0 Å². The van der Waals surface area contributed by atoms with Crippen LogP contribution >= 0.6 is 15.6 Å². The molecule has 24 nitrogen and oxygen atoms in total. The van der Waals surface area contributed by atoms with E-state index in [0.29, 0.717) is 51.4 Å². The zero-order chi connectivity index (χ0) is 83.7. The van der Waals surface area contributed by atoms with Gasteiger partial charge in [0, 0.05) is 39.1 Å². The third-order valence-electron chi connectivity index (χ3n) is 19.9. The topological polar surface area (TPSA) is 345 Å². The maximum absolute atomic E-state index is 13.8. The summed E-state index contributed by atoms with van der Waals surface area (Å²) in [4.78, 5) is 108. The second kappa shape index (κ2) is 77.9. The fraction of sp³-hybridized carbons (Fsp3) is 0.818. The van der Waals surface area contributed by atoms with Crippen molar-refractivity contribution in [3.63, 3.8) is 0 Å². The van der Waals surface area contributed by atoms with Crippen molar-refractivity contribution in [2.45, 2.75) is 399 Å². The standard InChI is InChI=1S/C88H160N4O20P2.Na/c1-7-13-19-25-29-33-35-41-47-55-79(111-85(97)59-49-43-37-31-27-21-15-9-3)69-83(95)91-75(71-105-65-61-77(93)53-45-39-23-17-11-5)73-109-113(101,102)107-67-63-89-87(99)81-57-51-52-58-82(81)88(100)90-64-68-108-114(103,104)110-74-76(72-106-66-62-78(94)54-46-40-24-18-12-6)92-84(96)70-80(56-48-42-36-34-30-26-20-14-8-2)112-86(98)60-50-44-38-32-28-22-16-10-4;/h31-32,37-38,51-52,57-58,75-80,93-94H,7-30,33-36,39-50,53-56,59-74H2,1-6H3,(H,89,99)(H,90,100)(H,91,95)(H,92,96)(H,101,102)(H,103,104);/q;+1/p-2/b37-31-,38-32-;. The summed E-state index contributed by atoms with van der Waals surface area (Å²) in [5.41, 5.74) is -0.202. The molecule has 115 heavy (non-hydrogen) atoms. The third kappa shape index (κ3) is 68.9. The van der Waals surface area contributed by atoms with Crippen LogP contribution in [0.15, 0.2) is 48.6 Å². The van der Waals surface area contributed by atoms with Gasteiger partial charge in [0.05, 0.1) is 87.9 Å². The van der Waals surface area contributed by atoms with Gasteiger partial charge in [-0.15, -0.1) is 0 Å². The molecule has 1 rings (SSSR count). The Morgan fingerprint density at radius 2 is 0.678 bits per heavy atom. The molecule has 8 unspecified atom stereocenters. The normalized spacial score (nSPS) is 14.3. The van der Waals surface area contributed by atoms with E-state index in [1.165, 1.54) is 88.5 Å². The Morgan fingerprint density at radius 1 is 0.383 bits per heavy atom. The van der Waals surface area contributed by atoms with Gasteiger partial charge in [0.2, 0.25) is 11.8 Å². The molecule has 662 valence electrons. The number of unbranched alkanes of at least 4 members (excludes halogenated alkanes) is 32. The van der Waals surface area contributed by atoms with E-state index in [1.807, 2.05) is 0 Å². The molecule has 0 aliphatic heterocycles. The first-order valence-electron chi connectivity index (χ1n) is 44.9. The predicted octanol–water partition coefficient (Wildman–Crippen LogP) is 15.4. The summed E-state index contributed by atoms with van der Waals surface area (Å²) in [7, 11) is -10.2. The molecule has 0 spiro atoms. The maximum atomic E-state index is 13.8. The largest absolute Gasteiger partial charge is 1.00 e. The molecular weight excluding hydrogens is 1520 g/mol. The van der Waals surface area contributed by atoms with E-state index < -0.39 is 102 Å². The Labute approximate surface area is 717 Å². The zero-order valence-corrected chi connectivity index (χ0v) is 76.4. The van der Waals surface area contributed by atoms with Crippen molar-refractivity contribution in [1.29, 1.82) is 0 Å². The Bertz CT molecular complexity index is 2540. The minimum Gasteiger partial charge on any atom is -0.756 e. The SMILES string of the molecule is CCCCC/C=C\CCCC(=O)OC(CCCCCCCCCCC)CC(=O)NC(COCCC(O)CCCCCCC)COP(=O)([O-])OCCNC(=O)c1ccccc1C(=O)NCCOP(=O)([O-])OCC(COCCC(O)CCCCCCC)NC(=O)CC(CCCCCCCCCCC)OC(=O)CCC/C=C\CCCCC.[Na+]. The quantitative estimate of drug-likeness (QED) is 0.0116. The first-order valence-corrected chi connectivity index (χ1v) is 47.8. The molecule has 6 N–H and O–H groups in total. The number of nitrogens with one attached hydrogen (secondary N) is 4. The Morgan fingerprint density at radius 3 is 1.01 bits per heavy atom. The molecule has 0 fully saturated rings. The Kier molecular flexibility index (Phi) is 75.6. The van der Waals surface area contributed by atoms with Gasteiger partial charge in [-0.3, -0.25) is 37.9 Å². The van der Waals surface area contributed by atoms with Crippen molar-refractivity contribution in [3.05, 3.63) is 59.7 Å². The third-order valence-corrected chi connectivity index (χ3v) is 21.8. The summed E-state index contributed by atoms with van der Waals surface area (Å²) in [6, 6.07) is 3.74. The number of aliphatic hydroxyl groups excluding tert-OH is 2. The molecule has 1 aromatic rings. The molecule has 0 saturated heterocycles. The molecule has 0 bridgehead atoms. The van der Waals surface area contributed by atoms with Crippen LogP contribution < -0.4 is 60.6 Å². The number of esters is 2. The number of benzene rings is 1. The van der Waals surface area contributed by atoms with Crippen LogP contribution in [0.2, 0.25) is 0 Å². The minimum atomic E-state index is -5.10. The van der Waals surface area contributed by atoms with Gasteiger partial charge in [0.25, 0.3) is 27.5 Å². The van der Waals surface area contributed by atoms with Crippen molar-refractivity contribution in [2.75, 3.05) is 65.9 Å². The van der Waals surface area contributed by atoms with E-state index in [4.69, 9.17) is 37.0 Å². The first-order chi connectivity index (χ1) is 55.2. The summed E-state index contributed by atoms with van der Waals surface area (Å²) >= 11 is 0. The van der Waals surface area contributed by atoms with Gasteiger partial charge in [-0.2, -0.15) is 0 Å². The van der Waals surface area contributed by atoms with Gasteiger partial charge in [-0.1, -0.05) is 271 Å². The molecule has 0 saturated carbocycles. The number of amides is 4. The molecule has 8 atom stereocenters. The van der Waals surface area contributed by atoms with Gasteiger partial charge < -0.3 is 78.3 Å². The molecule has 0 aromatic heterocycles. The van der Waals surface area contributed by atoms with Crippen LogP contribution in [0.5, 0.6) is 0 Å². The van der Waals surface area contributed by atoms with Crippen LogP contribution in [0.1, 0.15) is 383 Å². The monoisotopic (exact) mass is 1680 g/mol. The van der Waals surface area contributed by atoms with Crippen LogP contribution in [0.3, 0.4) is 0 Å². The van der Waals surface area contributed by atoms with Crippen LogP contribution in [0.25, 0.3) is 0 Å². The van der Waals surface area contributed by atoms with E-state index >= 15 is 0 Å². The fourth-order valence-corrected chi connectivity index (χ4v) is 14.5. The van der Waals surface area contributed by atoms with Crippen molar-refractivity contribution in [3.8, 4) is 0 Å². The molecule has 4 amide bonds.